The van der Waals surface area contributed by atoms with E-state index in [0.29, 0.717) is 6.54 Å². The standard InChI is InChI=1S/C14H24N2O/c1-4-12(3)16(5-2)13(17)14(11-15)9-7-6-8-10-14/h12H,4-10H2,1-3H3. The van der Waals surface area contributed by atoms with Crippen molar-refractivity contribution in [2.75, 3.05) is 6.54 Å². The maximum Gasteiger partial charge on any atom is 0.243 e. The van der Waals surface area contributed by atoms with E-state index < -0.39 is 5.41 Å². The normalized spacial score (nSPS) is 20.4. The third-order valence-electron chi connectivity index (χ3n) is 4.05. The van der Waals surface area contributed by atoms with Crippen molar-refractivity contribution in [2.24, 2.45) is 5.41 Å². The summed E-state index contributed by atoms with van der Waals surface area (Å²) in [5.74, 6) is 0.0663. The first kappa shape index (κ1) is 14.0. The highest BCUT2D eigenvalue weighted by Gasteiger charge is 2.42. The molecule has 0 heterocycles. The van der Waals surface area contributed by atoms with Crippen LogP contribution in [0.5, 0.6) is 0 Å². The lowest BCUT2D eigenvalue weighted by Crippen LogP contribution is -2.48. The van der Waals surface area contributed by atoms with Gasteiger partial charge in [-0.2, -0.15) is 5.26 Å². The zero-order valence-electron chi connectivity index (χ0n) is 11.3. The van der Waals surface area contributed by atoms with E-state index >= 15 is 0 Å². The Hall–Kier alpha value is -1.04. The minimum Gasteiger partial charge on any atom is -0.339 e. The largest absolute Gasteiger partial charge is 0.339 e. The van der Waals surface area contributed by atoms with Crippen LogP contribution >= 0.6 is 0 Å². The fraction of sp³-hybridized carbons (Fsp3) is 0.857. The van der Waals surface area contributed by atoms with Crippen LogP contribution < -0.4 is 0 Å². The topological polar surface area (TPSA) is 44.1 Å². The molecule has 0 saturated heterocycles. The Morgan fingerprint density at radius 1 is 1.35 bits per heavy atom. The summed E-state index contributed by atoms with van der Waals surface area (Å²) in [6, 6.07) is 2.56. The van der Waals surface area contributed by atoms with Crippen molar-refractivity contribution in [1.29, 1.82) is 5.26 Å². The van der Waals surface area contributed by atoms with Crippen LogP contribution in [0, 0.1) is 16.7 Å². The van der Waals surface area contributed by atoms with E-state index in [1.807, 2.05) is 11.8 Å². The second-order valence-electron chi connectivity index (χ2n) is 5.10. The number of hydrogen-bond donors (Lipinski definition) is 0. The number of carbonyl (C=O) groups excluding carboxylic acids is 1. The van der Waals surface area contributed by atoms with Gasteiger partial charge in [0.25, 0.3) is 0 Å². The molecular weight excluding hydrogens is 212 g/mol. The summed E-state index contributed by atoms with van der Waals surface area (Å²) in [5.41, 5.74) is -0.725. The molecule has 0 aliphatic heterocycles. The molecule has 96 valence electrons. The molecule has 1 rings (SSSR count). The molecule has 1 aliphatic rings. The molecule has 1 unspecified atom stereocenters. The quantitative estimate of drug-likeness (QED) is 0.752. The zero-order chi connectivity index (χ0) is 12.9. The molecule has 17 heavy (non-hydrogen) atoms. The molecule has 1 atom stereocenters. The first-order valence-electron chi connectivity index (χ1n) is 6.83. The van der Waals surface area contributed by atoms with Gasteiger partial charge in [0.15, 0.2) is 0 Å². The lowest BCUT2D eigenvalue weighted by molar-refractivity contribution is -0.142. The molecule has 3 nitrogen and oxygen atoms in total. The number of nitrogens with zero attached hydrogens (tertiary/aromatic N) is 2. The van der Waals surface area contributed by atoms with E-state index in [0.717, 1.165) is 38.5 Å². The van der Waals surface area contributed by atoms with E-state index in [-0.39, 0.29) is 11.9 Å². The van der Waals surface area contributed by atoms with Gasteiger partial charge in [-0.05, 0) is 33.1 Å². The van der Waals surface area contributed by atoms with Gasteiger partial charge in [0.05, 0.1) is 6.07 Å². The minimum atomic E-state index is -0.725. The van der Waals surface area contributed by atoms with Crippen molar-refractivity contribution in [2.45, 2.75) is 65.3 Å². The number of carbonyl (C=O) groups is 1. The summed E-state index contributed by atoms with van der Waals surface area (Å²) in [6.45, 7) is 6.85. The molecule has 0 N–H and O–H groups in total. The summed E-state index contributed by atoms with van der Waals surface area (Å²) >= 11 is 0. The van der Waals surface area contributed by atoms with Crippen molar-refractivity contribution in [3.8, 4) is 6.07 Å². The molecule has 1 saturated carbocycles. The summed E-state index contributed by atoms with van der Waals surface area (Å²) in [5, 5.41) is 9.41. The predicted molar refractivity (Wildman–Crippen MR) is 68.3 cm³/mol. The van der Waals surface area contributed by atoms with Crippen LogP contribution in [0.2, 0.25) is 0 Å². The number of hydrogen-bond acceptors (Lipinski definition) is 2. The van der Waals surface area contributed by atoms with Crippen LogP contribution in [-0.2, 0) is 4.79 Å². The molecule has 0 aromatic heterocycles. The summed E-state index contributed by atoms with van der Waals surface area (Å²) in [4.78, 5) is 14.5. The van der Waals surface area contributed by atoms with Crippen molar-refractivity contribution in [3.05, 3.63) is 0 Å². The molecule has 1 aliphatic carbocycles. The lowest BCUT2D eigenvalue weighted by atomic mass is 9.74. The zero-order valence-corrected chi connectivity index (χ0v) is 11.3. The van der Waals surface area contributed by atoms with E-state index in [1.165, 1.54) is 0 Å². The minimum absolute atomic E-state index is 0.0663. The molecule has 0 aromatic carbocycles. The van der Waals surface area contributed by atoms with Gasteiger partial charge in [0.2, 0.25) is 5.91 Å². The van der Waals surface area contributed by atoms with Gasteiger partial charge in [-0.3, -0.25) is 4.79 Å². The Bertz CT molecular complexity index is 300. The highest BCUT2D eigenvalue weighted by atomic mass is 16.2. The van der Waals surface area contributed by atoms with E-state index in [4.69, 9.17) is 0 Å². The Kier molecular flexibility index (Phi) is 4.99. The maximum absolute atomic E-state index is 12.6. The SMILES string of the molecule is CCC(C)N(CC)C(=O)C1(C#N)CCCCC1. The highest BCUT2D eigenvalue weighted by molar-refractivity contribution is 5.85. The van der Waals surface area contributed by atoms with Crippen LogP contribution in [0.3, 0.4) is 0 Å². The number of nitriles is 1. The van der Waals surface area contributed by atoms with Crippen molar-refractivity contribution >= 4 is 5.91 Å². The van der Waals surface area contributed by atoms with Gasteiger partial charge in [-0.25, -0.2) is 0 Å². The molecule has 3 heteroatoms. The fourth-order valence-electron chi connectivity index (χ4n) is 2.68. The smallest absolute Gasteiger partial charge is 0.243 e. The van der Waals surface area contributed by atoms with Gasteiger partial charge < -0.3 is 4.90 Å². The molecule has 0 bridgehead atoms. The molecular formula is C14H24N2O. The van der Waals surface area contributed by atoms with Crippen LogP contribution in [0.4, 0.5) is 0 Å². The van der Waals surface area contributed by atoms with Crippen LogP contribution in [0.25, 0.3) is 0 Å². The second-order valence-corrected chi connectivity index (χ2v) is 5.10. The lowest BCUT2D eigenvalue weighted by Gasteiger charge is -2.37. The van der Waals surface area contributed by atoms with Crippen LogP contribution in [0.1, 0.15) is 59.3 Å². The monoisotopic (exact) mass is 236 g/mol. The first-order chi connectivity index (χ1) is 8.11. The molecule has 1 fully saturated rings. The average molecular weight is 236 g/mol. The number of amides is 1. The summed E-state index contributed by atoms with van der Waals surface area (Å²) < 4.78 is 0. The summed E-state index contributed by atoms with van der Waals surface area (Å²) in [6.07, 6.45) is 5.62. The average Bonchev–Trinajstić information content (AvgIpc) is 2.39. The second kappa shape index (κ2) is 6.05. The third kappa shape index (κ3) is 2.80. The van der Waals surface area contributed by atoms with E-state index in [1.54, 1.807) is 0 Å². The van der Waals surface area contributed by atoms with Gasteiger partial charge in [0.1, 0.15) is 5.41 Å². The van der Waals surface area contributed by atoms with Gasteiger partial charge in [-0.1, -0.05) is 26.2 Å². The highest BCUT2D eigenvalue weighted by Crippen LogP contribution is 2.37. The molecule has 0 aromatic rings. The Morgan fingerprint density at radius 2 is 1.94 bits per heavy atom. The molecule has 0 spiro atoms. The summed E-state index contributed by atoms with van der Waals surface area (Å²) in [7, 11) is 0. The van der Waals surface area contributed by atoms with Gasteiger partial charge in [0, 0.05) is 12.6 Å². The fourth-order valence-corrected chi connectivity index (χ4v) is 2.68. The number of rotatable bonds is 4. The van der Waals surface area contributed by atoms with E-state index in [9.17, 15) is 10.1 Å². The molecule has 0 radical (unpaired) electrons. The Balaban J connectivity index is 2.87. The Labute approximate surface area is 105 Å². The first-order valence-corrected chi connectivity index (χ1v) is 6.83. The third-order valence-corrected chi connectivity index (χ3v) is 4.05. The predicted octanol–water partition coefficient (Wildman–Crippen LogP) is 3.11. The molecule has 1 amide bonds. The van der Waals surface area contributed by atoms with Crippen LogP contribution in [-0.4, -0.2) is 23.4 Å². The van der Waals surface area contributed by atoms with Crippen LogP contribution in [0.15, 0.2) is 0 Å². The van der Waals surface area contributed by atoms with Gasteiger partial charge in [-0.15, -0.1) is 0 Å². The van der Waals surface area contributed by atoms with Crippen molar-refractivity contribution in [1.82, 2.24) is 4.90 Å². The Morgan fingerprint density at radius 3 is 2.35 bits per heavy atom. The van der Waals surface area contributed by atoms with Gasteiger partial charge >= 0.3 is 0 Å². The van der Waals surface area contributed by atoms with E-state index in [2.05, 4.69) is 19.9 Å². The van der Waals surface area contributed by atoms with Crippen molar-refractivity contribution < 1.29 is 4.79 Å². The maximum atomic E-state index is 12.6. The van der Waals surface area contributed by atoms with Crippen molar-refractivity contribution in [3.63, 3.8) is 0 Å².